The fourth-order valence-corrected chi connectivity index (χ4v) is 3.07. The summed E-state index contributed by atoms with van der Waals surface area (Å²) < 4.78 is 0. The molecule has 0 atom stereocenters. The molecule has 0 unspecified atom stereocenters. The minimum atomic E-state index is 0.917. The van der Waals surface area contributed by atoms with Crippen molar-refractivity contribution < 1.29 is 0 Å². The molecule has 16 heavy (non-hydrogen) atoms. The summed E-state index contributed by atoms with van der Waals surface area (Å²) in [6.07, 6.45) is 7.31. The highest BCUT2D eigenvalue weighted by atomic mass is 15.3. The molecule has 3 heteroatoms. The van der Waals surface area contributed by atoms with Crippen molar-refractivity contribution in [2.24, 2.45) is 0 Å². The zero-order valence-electron chi connectivity index (χ0n) is 10.7. The van der Waals surface area contributed by atoms with E-state index in [-0.39, 0.29) is 0 Å². The van der Waals surface area contributed by atoms with Gasteiger partial charge < -0.3 is 5.32 Å². The van der Waals surface area contributed by atoms with Crippen LogP contribution in [-0.2, 0) is 0 Å². The number of rotatable bonds is 4. The Labute approximate surface area is 100 Å². The molecular formula is C13H27N3. The summed E-state index contributed by atoms with van der Waals surface area (Å²) in [5.41, 5.74) is 0. The van der Waals surface area contributed by atoms with E-state index in [1.54, 1.807) is 0 Å². The van der Waals surface area contributed by atoms with Gasteiger partial charge in [0, 0.05) is 45.3 Å². The average Bonchev–Trinajstić information content (AvgIpc) is 2.38. The van der Waals surface area contributed by atoms with Crippen LogP contribution >= 0.6 is 0 Å². The molecule has 1 saturated heterocycles. The third-order valence-electron chi connectivity index (χ3n) is 4.18. The van der Waals surface area contributed by atoms with Gasteiger partial charge in [-0.25, -0.2) is 0 Å². The Morgan fingerprint density at radius 3 is 2.31 bits per heavy atom. The van der Waals surface area contributed by atoms with Gasteiger partial charge in [0.25, 0.3) is 0 Å². The Balaban J connectivity index is 1.67. The molecule has 1 aliphatic carbocycles. The van der Waals surface area contributed by atoms with Crippen LogP contribution in [0.15, 0.2) is 0 Å². The SMILES string of the molecule is CNCCN1CCN(C2CCCCC2)CC1. The molecule has 1 heterocycles. The summed E-state index contributed by atoms with van der Waals surface area (Å²) in [5.74, 6) is 0. The zero-order chi connectivity index (χ0) is 11.2. The van der Waals surface area contributed by atoms with Crippen molar-refractivity contribution in [2.75, 3.05) is 46.3 Å². The minimum Gasteiger partial charge on any atom is -0.318 e. The molecule has 0 radical (unpaired) electrons. The largest absolute Gasteiger partial charge is 0.318 e. The van der Waals surface area contributed by atoms with Crippen LogP contribution in [-0.4, -0.2) is 62.2 Å². The molecule has 0 spiro atoms. The van der Waals surface area contributed by atoms with E-state index < -0.39 is 0 Å². The molecule has 1 N–H and O–H groups in total. The third kappa shape index (κ3) is 3.44. The van der Waals surface area contributed by atoms with E-state index in [0.717, 1.165) is 12.6 Å². The standard InChI is InChI=1S/C13H27N3/c1-14-7-8-15-9-11-16(12-10-15)13-5-3-2-4-6-13/h13-14H,2-12H2,1H3. The van der Waals surface area contributed by atoms with E-state index in [0.29, 0.717) is 0 Å². The van der Waals surface area contributed by atoms with Crippen molar-refractivity contribution in [1.29, 1.82) is 0 Å². The fourth-order valence-electron chi connectivity index (χ4n) is 3.07. The molecule has 0 aromatic heterocycles. The quantitative estimate of drug-likeness (QED) is 0.774. The van der Waals surface area contributed by atoms with E-state index in [4.69, 9.17) is 0 Å². The zero-order valence-corrected chi connectivity index (χ0v) is 10.7. The fraction of sp³-hybridized carbons (Fsp3) is 1.00. The van der Waals surface area contributed by atoms with Crippen molar-refractivity contribution in [1.82, 2.24) is 15.1 Å². The van der Waals surface area contributed by atoms with Gasteiger partial charge in [-0.15, -0.1) is 0 Å². The molecule has 3 nitrogen and oxygen atoms in total. The molecule has 0 aromatic carbocycles. The van der Waals surface area contributed by atoms with Crippen LogP contribution in [0.25, 0.3) is 0 Å². The summed E-state index contributed by atoms with van der Waals surface area (Å²) >= 11 is 0. The summed E-state index contributed by atoms with van der Waals surface area (Å²) in [5, 5.41) is 3.23. The topological polar surface area (TPSA) is 18.5 Å². The lowest BCUT2D eigenvalue weighted by Gasteiger charge is -2.40. The van der Waals surface area contributed by atoms with Gasteiger partial charge in [-0.2, -0.15) is 0 Å². The minimum absolute atomic E-state index is 0.917. The molecule has 2 rings (SSSR count). The Hall–Kier alpha value is -0.120. The molecule has 2 fully saturated rings. The molecule has 0 aromatic rings. The third-order valence-corrected chi connectivity index (χ3v) is 4.18. The molecule has 2 aliphatic rings. The second-order valence-electron chi connectivity index (χ2n) is 5.27. The number of piperazine rings is 1. The van der Waals surface area contributed by atoms with Crippen LogP contribution in [0.1, 0.15) is 32.1 Å². The maximum absolute atomic E-state index is 3.23. The second kappa shape index (κ2) is 6.58. The lowest BCUT2D eigenvalue weighted by molar-refractivity contribution is 0.0797. The van der Waals surface area contributed by atoms with E-state index in [1.165, 1.54) is 64.8 Å². The van der Waals surface area contributed by atoms with Crippen LogP contribution in [0.2, 0.25) is 0 Å². The number of hydrogen-bond donors (Lipinski definition) is 1. The molecule has 94 valence electrons. The first-order valence-corrected chi connectivity index (χ1v) is 7.01. The summed E-state index contributed by atoms with van der Waals surface area (Å²) in [6, 6.07) is 0.917. The van der Waals surface area contributed by atoms with E-state index in [9.17, 15) is 0 Å². The Morgan fingerprint density at radius 2 is 1.69 bits per heavy atom. The predicted octanol–water partition coefficient (Wildman–Crippen LogP) is 1.16. The highest BCUT2D eigenvalue weighted by Crippen LogP contribution is 2.23. The Bertz CT molecular complexity index is 182. The Morgan fingerprint density at radius 1 is 1.00 bits per heavy atom. The first kappa shape index (κ1) is 12.3. The molecule has 1 aliphatic heterocycles. The number of nitrogens with zero attached hydrogens (tertiary/aromatic N) is 2. The van der Waals surface area contributed by atoms with Gasteiger partial charge in [-0.3, -0.25) is 9.80 Å². The van der Waals surface area contributed by atoms with Crippen molar-refractivity contribution in [3.05, 3.63) is 0 Å². The van der Waals surface area contributed by atoms with Gasteiger partial charge in [-0.05, 0) is 19.9 Å². The van der Waals surface area contributed by atoms with Crippen molar-refractivity contribution in [3.8, 4) is 0 Å². The molecule has 0 amide bonds. The van der Waals surface area contributed by atoms with Gasteiger partial charge in [0.15, 0.2) is 0 Å². The summed E-state index contributed by atoms with van der Waals surface area (Å²) in [7, 11) is 2.04. The second-order valence-corrected chi connectivity index (χ2v) is 5.27. The number of hydrogen-bond acceptors (Lipinski definition) is 3. The van der Waals surface area contributed by atoms with E-state index in [1.807, 2.05) is 7.05 Å². The maximum atomic E-state index is 3.23. The summed E-state index contributed by atoms with van der Waals surface area (Å²) in [6.45, 7) is 7.50. The van der Waals surface area contributed by atoms with Gasteiger partial charge >= 0.3 is 0 Å². The van der Waals surface area contributed by atoms with Crippen LogP contribution in [0, 0.1) is 0 Å². The van der Waals surface area contributed by atoms with Gasteiger partial charge in [0.05, 0.1) is 0 Å². The van der Waals surface area contributed by atoms with Crippen LogP contribution in [0.4, 0.5) is 0 Å². The van der Waals surface area contributed by atoms with Crippen LogP contribution in [0.3, 0.4) is 0 Å². The monoisotopic (exact) mass is 225 g/mol. The van der Waals surface area contributed by atoms with Crippen molar-refractivity contribution >= 4 is 0 Å². The summed E-state index contributed by atoms with van der Waals surface area (Å²) in [4.78, 5) is 5.34. The smallest absolute Gasteiger partial charge is 0.0113 e. The van der Waals surface area contributed by atoms with Gasteiger partial charge in [0.1, 0.15) is 0 Å². The van der Waals surface area contributed by atoms with Gasteiger partial charge in [-0.1, -0.05) is 19.3 Å². The lowest BCUT2D eigenvalue weighted by atomic mass is 9.94. The highest BCUT2D eigenvalue weighted by molar-refractivity contribution is 4.80. The predicted molar refractivity (Wildman–Crippen MR) is 68.8 cm³/mol. The van der Waals surface area contributed by atoms with E-state index in [2.05, 4.69) is 15.1 Å². The van der Waals surface area contributed by atoms with Crippen LogP contribution < -0.4 is 5.32 Å². The maximum Gasteiger partial charge on any atom is 0.0113 e. The van der Waals surface area contributed by atoms with Crippen LogP contribution in [0.5, 0.6) is 0 Å². The first-order valence-electron chi connectivity index (χ1n) is 7.01. The average molecular weight is 225 g/mol. The van der Waals surface area contributed by atoms with Crippen molar-refractivity contribution in [2.45, 2.75) is 38.1 Å². The lowest BCUT2D eigenvalue weighted by Crippen LogP contribution is -2.51. The molecule has 0 bridgehead atoms. The normalized spacial score (nSPS) is 26.1. The first-order chi connectivity index (χ1) is 7.90. The highest BCUT2D eigenvalue weighted by Gasteiger charge is 2.24. The Kier molecular flexibility index (Phi) is 5.07. The molecule has 1 saturated carbocycles. The van der Waals surface area contributed by atoms with Crippen molar-refractivity contribution in [3.63, 3.8) is 0 Å². The number of likely N-dealkylation sites (N-methyl/N-ethyl adjacent to an activating group) is 1. The van der Waals surface area contributed by atoms with Gasteiger partial charge in [0.2, 0.25) is 0 Å². The molecular weight excluding hydrogens is 198 g/mol. The van der Waals surface area contributed by atoms with E-state index >= 15 is 0 Å². The number of nitrogens with one attached hydrogen (secondary N) is 1.